The van der Waals surface area contributed by atoms with E-state index in [2.05, 4.69) is 21.2 Å². The molecule has 4 nitrogen and oxygen atoms in total. The Balaban J connectivity index is 2.12. The van der Waals surface area contributed by atoms with Gasteiger partial charge in [0.2, 0.25) is 0 Å². The zero-order valence-corrected chi connectivity index (χ0v) is 11.9. The molecule has 1 aromatic rings. The number of benzene rings is 1. The molecule has 1 aromatic carbocycles. The van der Waals surface area contributed by atoms with E-state index in [-0.39, 0.29) is 17.9 Å². The van der Waals surface area contributed by atoms with Crippen molar-refractivity contribution in [1.82, 2.24) is 10.2 Å². The minimum absolute atomic E-state index is 0.108. The molecule has 0 radical (unpaired) electrons. The molecule has 0 spiro atoms. The summed E-state index contributed by atoms with van der Waals surface area (Å²) in [6.45, 7) is 4.17. The molecule has 18 heavy (non-hydrogen) atoms. The summed E-state index contributed by atoms with van der Waals surface area (Å²) in [4.78, 5) is 25.1. The maximum absolute atomic E-state index is 12.1. The second kappa shape index (κ2) is 5.10. The average Bonchev–Trinajstić information content (AvgIpc) is 2.60. The van der Waals surface area contributed by atoms with Crippen molar-refractivity contribution in [2.75, 3.05) is 0 Å². The van der Waals surface area contributed by atoms with E-state index in [0.29, 0.717) is 6.54 Å². The first kappa shape index (κ1) is 13.1. The van der Waals surface area contributed by atoms with Gasteiger partial charge >= 0.3 is 6.03 Å². The van der Waals surface area contributed by atoms with Gasteiger partial charge in [-0.25, -0.2) is 4.79 Å². The summed E-state index contributed by atoms with van der Waals surface area (Å²) in [5, 5.41) is 2.71. The van der Waals surface area contributed by atoms with Crippen LogP contribution in [0, 0.1) is 5.92 Å². The van der Waals surface area contributed by atoms with Crippen molar-refractivity contribution in [2.45, 2.75) is 26.4 Å². The van der Waals surface area contributed by atoms with Crippen molar-refractivity contribution in [2.24, 2.45) is 5.92 Å². The molecule has 0 bridgehead atoms. The van der Waals surface area contributed by atoms with Crippen LogP contribution in [0.2, 0.25) is 0 Å². The van der Waals surface area contributed by atoms with E-state index in [4.69, 9.17) is 0 Å². The van der Waals surface area contributed by atoms with Crippen LogP contribution < -0.4 is 5.32 Å². The Morgan fingerprint density at radius 1 is 1.28 bits per heavy atom. The van der Waals surface area contributed by atoms with E-state index in [1.54, 1.807) is 0 Å². The second-order valence-electron chi connectivity index (χ2n) is 4.72. The number of nitrogens with zero attached hydrogens (tertiary/aromatic N) is 1. The van der Waals surface area contributed by atoms with E-state index in [1.165, 1.54) is 4.90 Å². The molecular weight excluding hydrogens is 296 g/mol. The van der Waals surface area contributed by atoms with Crippen molar-refractivity contribution in [3.8, 4) is 0 Å². The first-order chi connectivity index (χ1) is 8.49. The predicted octanol–water partition coefficient (Wildman–Crippen LogP) is 2.53. The van der Waals surface area contributed by atoms with Crippen LogP contribution in [0.4, 0.5) is 4.79 Å². The molecule has 0 unspecified atom stereocenters. The van der Waals surface area contributed by atoms with Gasteiger partial charge in [-0.3, -0.25) is 9.69 Å². The number of nitrogens with one attached hydrogen (secondary N) is 1. The predicted molar refractivity (Wildman–Crippen MR) is 71.8 cm³/mol. The van der Waals surface area contributed by atoms with Crippen LogP contribution in [0.3, 0.4) is 0 Å². The van der Waals surface area contributed by atoms with Crippen molar-refractivity contribution in [1.29, 1.82) is 0 Å². The van der Waals surface area contributed by atoms with Crippen molar-refractivity contribution < 1.29 is 9.59 Å². The number of imide groups is 1. The molecule has 1 fully saturated rings. The van der Waals surface area contributed by atoms with Gasteiger partial charge < -0.3 is 5.32 Å². The van der Waals surface area contributed by atoms with Gasteiger partial charge in [0, 0.05) is 4.47 Å². The van der Waals surface area contributed by atoms with Gasteiger partial charge in [-0.05, 0) is 23.6 Å². The Bertz CT molecular complexity index is 470. The van der Waals surface area contributed by atoms with Gasteiger partial charge in [-0.1, -0.05) is 41.9 Å². The van der Waals surface area contributed by atoms with Crippen LogP contribution in [-0.2, 0) is 11.3 Å². The summed E-state index contributed by atoms with van der Waals surface area (Å²) >= 11 is 3.35. The average molecular weight is 311 g/mol. The molecule has 0 saturated carbocycles. The zero-order valence-electron chi connectivity index (χ0n) is 10.3. The van der Waals surface area contributed by atoms with Crippen LogP contribution in [0.15, 0.2) is 28.7 Å². The fourth-order valence-electron chi connectivity index (χ4n) is 1.91. The van der Waals surface area contributed by atoms with Crippen LogP contribution in [0.1, 0.15) is 19.4 Å². The van der Waals surface area contributed by atoms with Crippen molar-refractivity contribution >= 4 is 27.9 Å². The Labute approximate surface area is 114 Å². The molecule has 1 saturated heterocycles. The highest BCUT2D eigenvalue weighted by Crippen LogP contribution is 2.18. The Hall–Kier alpha value is -1.36. The SMILES string of the molecule is CC(C)[C@H]1NC(=O)N(Cc2ccc(Br)cc2)C1=O. The number of hydrogen-bond acceptors (Lipinski definition) is 2. The molecule has 0 aromatic heterocycles. The summed E-state index contributed by atoms with van der Waals surface area (Å²) < 4.78 is 0.975. The number of rotatable bonds is 3. The Morgan fingerprint density at radius 3 is 2.39 bits per heavy atom. The minimum atomic E-state index is -0.395. The van der Waals surface area contributed by atoms with E-state index in [1.807, 2.05) is 38.1 Å². The van der Waals surface area contributed by atoms with Gasteiger partial charge in [-0.2, -0.15) is 0 Å². The molecule has 1 atom stereocenters. The number of carbonyl (C=O) groups excluding carboxylic acids is 2. The summed E-state index contributed by atoms with van der Waals surface area (Å²) in [6, 6.07) is 6.89. The van der Waals surface area contributed by atoms with Crippen LogP contribution in [0.5, 0.6) is 0 Å². The third-order valence-corrected chi connectivity index (χ3v) is 3.51. The molecule has 3 amide bonds. The van der Waals surface area contributed by atoms with Crippen LogP contribution in [-0.4, -0.2) is 22.9 Å². The summed E-state index contributed by atoms with van der Waals surface area (Å²) in [6.07, 6.45) is 0. The molecular formula is C13H15BrN2O2. The van der Waals surface area contributed by atoms with Crippen LogP contribution >= 0.6 is 15.9 Å². The van der Waals surface area contributed by atoms with Crippen LogP contribution in [0.25, 0.3) is 0 Å². The van der Waals surface area contributed by atoms with Crippen molar-refractivity contribution in [3.63, 3.8) is 0 Å². The third-order valence-electron chi connectivity index (χ3n) is 2.98. The van der Waals surface area contributed by atoms with E-state index in [0.717, 1.165) is 10.0 Å². The monoisotopic (exact) mass is 310 g/mol. The lowest BCUT2D eigenvalue weighted by Gasteiger charge is -2.14. The largest absolute Gasteiger partial charge is 0.326 e. The first-order valence-electron chi connectivity index (χ1n) is 5.85. The van der Waals surface area contributed by atoms with E-state index >= 15 is 0 Å². The molecule has 1 heterocycles. The van der Waals surface area contributed by atoms with Gasteiger partial charge in [0.05, 0.1) is 6.54 Å². The fourth-order valence-corrected chi connectivity index (χ4v) is 2.18. The maximum Gasteiger partial charge on any atom is 0.325 e. The molecule has 2 rings (SSSR count). The lowest BCUT2D eigenvalue weighted by Crippen LogP contribution is -2.34. The number of hydrogen-bond donors (Lipinski definition) is 1. The van der Waals surface area contributed by atoms with Gasteiger partial charge in [-0.15, -0.1) is 0 Å². The zero-order chi connectivity index (χ0) is 13.3. The highest BCUT2D eigenvalue weighted by atomic mass is 79.9. The molecule has 1 aliphatic heterocycles. The fraction of sp³-hybridized carbons (Fsp3) is 0.385. The summed E-state index contributed by atoms with van der Waals surface area (Å²) in [5.41, 5.74) is 0.936. The van der Waals surface area contributed by atoms with E-state index in [9.17, 15) is 9.59 Å². The Kier molecular flexibility index (Phi) is 3.71. The van der Waals surface area contributed by atoms with Gasteiger partial charge in [0.25, 0.3) is 5.91 Å². The molecule has 0 aliphatic carbocycles. The lowest BCUT2D eigenvalue weighted by atomic mass is 10.0. The standard InChI is InChI=1S/C13H15BrN2O2/c1-8(2)11-12(17)16(13(18)15-11)7-9-3-5-10(14)6-4-9/h3-6,8,11H,7H2,1-2H3,(H,15,18)/t11-/m1/s1. The highest BCUT2D eigenvalue weighted by Gasteiger charge is 2.39. The number of halogens is 1. The quantitative estimate of drug-likeness (QED) is 0.872. The maximum atomic E-state index is 12.1. The molecule has 1 N–H and O–H groups in total. The normalized spacial score (nSPS) is 19.6. The minimum Gasteiger partial charge on any atom is -0.326 e. The Morgan fingerprint density at radius 2 is 1.89 bits per heavy atom. The van der Waals surface area contributed by atoms with Gasteiger partial charge in [0.1, 0.15) is 6.04 Å². The molecule has 5 heteroatoms. The number of amides is 3. The number of carbonyl (C=O) groups is 2. The van der Waals surface area contributed by atoms with E-state index < -0.39 is 6.04 Å². The smallest absolute Gasteiger partial charge is 0.325 e. The van der Waals surface area contributed by atoms with Gasteiger partial charge in [0.15, 0.2) is 0 Å². The first-order valence-corrected chi connectivity index (χ1v) is 6.64. The summed E-state index contributed by atoms with van der Waals surface area (Å²) in [7, 11) is 0. The topological polar surface area (TPSA) is 49.4 Å². The third kappa shape index (κ3) is 2.56. The second-order valence-corrected chi connectivity index (χ2v) is 5.64. The lowest BCUT2D eigenvalue weighted by molar-refractivity contribution is -0.128. The molecule has 96 valence electrons. The molecule has 1 aliphatic rings. The highest BCUT2D eigenvalue weighted by molar-refractivity contribution is 9.10. The number of urea groups is 1. The summed E-state index contributed by atoms with van der Waals surface area (Å²) in [5.74, 6) is -0.0331. The van der Waals surface area contributed by atoms with Crippen molar-refractivity contribution in [3.05, 3.63) is 34.3 Å².